The number of ether oxygens (including phenoxy) is 1. The van der Waals surface area contributed by atoms with Crippen molar-refractivity contribution < 1.29 is 4.74 Å². The Morgan fingerprint density at radius 1 is 1.00 bits per heavy atom. The van der Waals surface area contributed by atoms with E-state index in [0.29, 0.717) is 27.2 Å². The molecular formula is C16H12Cl2N2O. The largest absolute Gasteiger partial charge is 0.457 e. The standard InChI is InChI=1S/C16H12Cl2N2O/c1-9-4-13-14(8-20-9)15(19)2-3-16(13)21-12-6-10(17)5-11(18)7-12/h2-8H,19H2,1H3. The lowest BCUT2D eigenvalue weighted by Gasteiger charge is -2.11. The summed E-state index contributed by atoms with van der Waals surface area (Å²) in [6.45, 7) is 1.92. The number of pyridine rings is 1. The van der Waals surface area contributed by atoms with Crippen LogP contribution in [0.1, 0.15) is 5.69 Å². The van der Waals surface area contributed by atoms with E-state index < -0.39 is 0 Å². The molecule has 3 aromatic rings. The third-order valence-corrected chi connectivity index (χ3v) is 3.53. The second kappa shape index (κ2) is 5.43. The van der Waals surface area contributed by atoms with Gasteiger partial charge >= 0.3 is 0 Å². The van der Waals surface area contributed by atoms with Gasteiger partial charge in [-0.05, 0) is 43.3 Å². The molecule has 5 heteroatoms. The summed E-state index contributed by atoms with van der Waals surface area (Å²) in [6, 6.07) is 10.6. The van der Waals surface area contributed by atoms with E-state index in [4.69, 9.17) is 33.7 Å². The van der Waals surface area contributed by atoms with Crippen molar-refractivity contribution in [3.8, 4) is 11.5 Å². The summed E-state index contributed by atoms with van der Waals surface area (Å²) in [4.78, 5) is 4.27. The molecule has 0 fully saturated rings. The first-order valence-corrected chi connectivity index (χ1v) is 7.07. The molecule has 3 rings (SSSR count). The van der Waals surface area contributed by atoms with Crippen LogP contribution in [0.2, 0.25) is 10.0 Å². The summed E-state index contributed by atoms with van der Waals surface area (Å²) in [5, 5.41) is 2.80. The highest BCUT2D eigenvalue weighted by atomic mass is 35.5. The number of fused-ring (bicyclic) bond motifs is 1. The molecular weight excluding hydrogens is 307 g/mol. The summed E-state index contributed by atoms with van der Waals surface area (Å²) < 4.78 is 5.91. The maximum Gasteiger partial charge on any atom is 0.135 e. The highest BCUT2D eigenvalue weighted by Gasteiger charge is 2.08. The van der Waals surface area contributed by atoms with Crippen molar-refractivity contribution >= 4 is 39.7 Å². The Morgan fingerprint density at radius 3 is 2.43 bits per heavy atom. The van der Waals surface area contributed by atoms with E-state index in [1.165, 1.54) is 0 Å². The minimum Gasteiger partial charge on any atom is -0.457 e. The van der Waals surface area contributed by atoms with Crippen molar-refractivity contribution in [3.05, 3.63) is 58.3 Å². The maximum absolute atomic E-state index is 5.99. The van der Waals surface area contributed by atoms with Crippen LogP contribution in [0, 0.1) is 6.92 Å². The number of nitrogens with zero attached hydrogens (tertiary/aromatic N) is 1. The average Bonchev–Trinajstić information content (AvgIpc) is 2.41. The zero-order valence-corrected chi connectivity index (χ0v) is 12.7. The van der Waals surface area contributed by atoms with Crippen LogP contribution in [0.25, 0.3) is 10.8 Å². The molecule has 0 saturated carbocycles. The summed E-state index contributed by atoms with van der Waals surface area (Å²) >= 11 is 12.0. The molecule has 0 aliphatic carbocycles. The lowest BCUT2D eigenvalue weighted by Crippen LogP contribution is -1.93. The first-order valence-electron chi connectivity index (χ1n) is 6.32. The summed E-state index contributed by atoms with van der Waals surface area (Å²) in [7, 11) is 0. The third-order valence-electron chi connectivity index (χ3n) is 3.10. The smallest absolute Gasteiger partial charge is 0.135 e. The first-order chi connectivity index (χ1) is 10.0. The predicted octanol–water partition coefficient (Wildman–Crippen LogP) is 5.22. The Labute approximate surface area is 132 Å². The number of nitrogens with two attached hydrogens (primary N) is 1. The molecule has 0 amide bonds. The van der Waals surface area contributed by atoms with Gasteiger partial charge in [0.05, 0.1) is 0 Å². The number of benzene rings is 2. The topological polar surface area (TPSA) is 48.1 Å². The Balaban J connectivity index is 2.12. The maximum atomic E-state index is 5.99. The monoisotopic (exact) mass is 318 g/mol. The molecule has 0 radical (unpaired) electrons. The number of hydrogen-bond acceptors (Lipinski definition) is 3. The fourth-order valence-corrected chi connectivity index (χ4v) is 2.65. The molecule has 0 unspecified atom stereocenters. The average molecular weight is 319 g/mol. The van der Waals surface area contributed by atoms with Gasteiger partial charge in [-0.25, -0.2) is 0 Å². The number of halogens is 2. The highest BCUT2D eigenvalue weighted by Crippen LogP contribution is 2.35. The lowest BCUT2D eigenvalue weighted by atomic mass is 10.1. The van der Waals surface area contributed by atoms with Crippen molar-refractivity contribution in [1.82, 2.24) is 4.98 Å². The fourth-order valence-electron chi connectivity index (χ4n) is 2.14. The summed E-state index contributed by atoms with van der Waals surface area (Å²) in [6.07, 6.45) is 1.75. The lowest BCUT2D eigenvalue weighted by molar-refractivity contribution is 0.488. The Bertz CT molecular complexity index is 814. The second-order valence-corrected chi connectivity index (χ2v) is 5.60. The fraction of sp³-hybridized carbons (Fsp3) is 0.0625. The highest BCUT2D eigenvalue weighted by molar-refractivity contribution is 6.34. The molecule has 0 atom stereocenters. The van der Waals surface area contributed by atoms with E-state index in [0.717, 1.165) is 16.5 Å². The van der Waals surface area contributed by atoms with Gasteiger partial charge in [-0.2, -0.15) is 0 Å². The number of anilines is 1. The van der Waals surface area contributed by atoms with Crippen molar-refractivity contribution in [2.45, 2.75) is 6.92 Å². The van der Waals surface area contributed by atoms with Crippen LogP contribution in [-0.4, -0.2) is 4.98 Å². The van der Waals surface area contributed by atoms with Gasteiger partial charge in [0, 0.05) is 38.4 Å². The third kappa shape index (κ3) is 2.89. The molecule has 0 bridgehead atoms. The molecule has 106 valence electrons. The van der Waals surface area contributed by atoms with E-state index in [-0.39, 0.29) is 0 Å². The molecule has 2 aromatic carbocycles. The summed E-state index contributed by atoms with van der Waals surface area (Å²) in [5.74, 6) is 1.26. The molecule has 1 aromatic heterocycles. The number of hydrogen-bond donors (Lipinski definition) is 1. The molecule has 0 spiro atoms. The summed E-state index contributed by atoms with van der Waals surface area (Å²) in [5.41, 5.74) is 7.53. The molecule has 0 aliphatic rings. The van der Waals surface area contributed by atoms with Crippen molar-refractivity contribution in [2.24, 2.45) is 0 Å². The molecule has 21 heavy (non-hydrogen) atoms. The Kier molecular flexibility index (Phi) is 3.62. The van der Waals surface area contributed by atoms with Gasteiger partial charge in [0.25, 0.3) is 0 Å². The molecule has 3 nitrogen and oxygen atoms in total. The van der Waals surface area contributed by atoms with E-state index in [1.807, 2.05) is 19.1 Å². The van der Waals surface area contributed by atoms with Crippen molar-refractivity contribution in [3.63, 3.8) is 0 Å². The van der Waals surface area contributed by atoms with Crippen LogP contribution in [0.4, 0.5) is 5.69 Å². The van der Waals surface area contributed by atoms with Crippen LogP contribution in [0.5, 0.6) is 11.5 Å². The molecule has 1 heterocycles. The van der Waals surface area contributed by atoms with Crippen molar-refractivity contribution in [2.75, 3.05) is 5.73 Å². The molecule has 0 aliphatic heterocycles. The SMILES string of the molecule is Cc1cc2c(Oc3cc(Cl)cc(Cl)c3)ccc(N)c2cn1. The number of nitrogen functional groups attached to an aromatic ring is 1. The molecule has 0 saturated heterocycles. The van der Waals surface area contributed by atoms with E-state index >= 15 is 0 Å². The van der Waals surface area contributed by atoms with Crippen molar-refractivity contribution in [1.29, 1.82) is 0 Å². The Morgan fingerprint density at radius 2 is 1.71 bits per heavy atom. The van der Waals surface area contributed by atoms with Gasteiger partial charge in [0.1, 0.15) is 11.5 Å². The zero-order valence-electron chi connectivity index (χ0n) is 11.2. The van der Waals surface area contributed by atoms with Gasteiger partial charge in [-0.3, -0.25) is 4.98 Å². The van der Waals surface area contributed by atoms with Gasteiger partial charge < -0.3 is 10.5 Å². The Hall–Kier alpha value is -1.97. The van der Waals surface area contributed by atoms with Gasteiger partial charge in [-0.1, -0.05) is 23.2 Å². The number of rotatable bonds is 2. The number of aryl methyl sites for hydroxylation is 1. The minimum atomic E-state index is 0.523. The van der Waals surface area contributed by atoms with E-state index in [1.54, 1.807) is 30.5 Å². The number of aromatic nitrogens is 1. The van der Waals surface area contributed by atoms with Gasteiger partial charge in [-0.15, -0.1) is 0 Å². The first kappa shape index (κ1) is 14.0. The van der Waals surface area contributed by atoms with E-state index in [9.17, 15) is 0 Å². The predicted molar refractivity (Wildman–Crippen MR) is 87.4 cm³/mol. The van der Waals surface area contributed by atoms with E-state index in [2.05, 4.69) is 4.98 Å². The van der Waals surface area contributed by atoms with Gasteiger partial charge in [0.15, 0.2) is 0 Å². The van der Waals surface area contributed by atoms with Crippen LogP contribution in [0.15, 0.2) is 42.6 Å². The minimum absolute atomic E-state index is 0.523. The van der Waals surface area contributed by atoms with Crippen LogP contribution < -0.4 is 10.5 Å². The van der Waals surface area contributed by atoms with Crippen LogP contribution in [0.3, 0.4) is 0 Å². The normalized spacial score (nSPS) is 10.8. The quantitative estimate of drug-likeness (QED) is 0.658. The zero-order chi connectivity index (χ0) is 15.0. The van der Waals surface area contributed by atoms with Crippen LogP contribution in [-0.2, 0) is 0 Å². The molecule has 2 N–H and O–H groups in total. The van der Waals surface area contributed by atoms with Gasteiger partial charge in [0.2, 0.25) is 0 Å². The second-order valence-electron chi connectivity index (χ2n) is 4.73. The van der Waals surface area contributed by atoms with Crippen LogP contribution >= 0.6 is 23.2 Å².